The molecule has 3 aromatic rings. The number of nitrogens with zero attached hydrogens (tertiary/aromatic N) is 5. The molecule has 1 N–H and O–H groups in total. The van der Waals surface area contributed by atoms with Gasteiger partial charge in [0, 0.05) is 66.9 Å². The number of likely N-dealkylation sites (tertiary alicyclic amines) is 1. The second-order valence-corrected chi connectivity index (χ2v) is 14.3. The number of hydrogen-bond acceptors (Lipinski definition) is 5. The van der Waals surface area contributed by atoms with Gasteiger partial charge >= 0.3 is 6.09 Å². The zero-order chi connectivity index (χ0) is 33.3. The van der Waals surface area contributed by atoms with E-state index in [1.807, 2.05) is 44.2 Å². The Balaban J connectivity index is 1.28. The molecule has 1 saturated carbocycles. The number of anilines is 1. The number of benzene rings is 2. The summed E-state index contributed by atoms with van der Waals surface area (Å²) >= 11 is 6.61. The van der Waals surface area contributed by atoms with Crippen LogP contribution in [0.1, 0.15) is 54.9 Å². The molecule has 47 heavy (non-hydrogen) atoms. The second-order valence-electron chi connectivity index (χ2n) is 13.8. The molecule has 2 aliphatic heterocycles. The van der Waals surface area contributed by atoms with Crippen molar-refractivity contribution in [3.8, 4) is 0 Å². The Kier molecular flexibility index (Phi) is 9.82. The van der Waals surface area contributed by atoms with Gasteiger partial charge in [0.1, 0.15) is 17.7 Å². The maximum Gasteiger partial charge on any atom is 0.407 e. The molecule has 3 atom stereocenters. The van der Waals surface area contributed by atoms with E-state index in [0.717, 1.165) is 87.6 Å². The fraction of sp³-hybridized carbons (Fsp3) is 0.541. The zero-order valence-electron chi connectivity index (χ0n) is 27.9. The van der Waals surface area contributed by atoms with Crippen molar-refractivity contribution in [1.82, 2.24) is 19.8 Å². The number of carbonyl (C=O) groups is 1. The van der Waals surface area contributed by atoms with Gasteiger partial charge in [0.2, 0.25) is 0 Å². The third-order valence-electron chi connectivity index (χ3n) is 11.2. The van der Waals surface area contributed by atoms with Crippen molar-refractivity contribution in [3.05, 3.63) is 87.5 Å². The van der Waals surface area contributed by atoms with Gasteiger partial charge in [-0.25, -0.2) is 19.0 Å². The Morgan fingerprint density at radius 2 is 1.83 bits per heavy atom. The van der Waals surface area contributed by atoms with Gasteiger partial charge in [-0.3, -0.25) is 0 Å². The standard InChI is InChI=1S/C37H46ClFN6O2/c1-24-25(2)45(26(3)42-24)23-37(29-17-30(38)19-31(39)18-29,34-7-6-8-35(34)47-36(46)41-5)28-13-15-43(16-14-28)20-27-21-44(22-27)33-11-9-32(40-4)10-12-33/h9-12,17-19,27-28,34-35H,6-8,13-16,20-23H2,1-3,5H3,(H,41,46)/t34-,35-,37?/m0/s1. The highest BCUT2D eigenvalue weighted by Gasteiger charge is 2.53. The quantitative estimate of drug-likeness (QED) is 0.241. The molecule has 10 heteroatoms. The monoisotopic (exact) mass is 660 g/mol. The molecule has 0 spiro atoms. The third kappa shape index (κ3) is 6.73. The van der Waals surface area contributed by atoms with Gasteiger partial charge in [0.15, 0.2) is 5.69 Å². The van der Waals surface area contributed by atoms with Gasteiger partial charge in [-0.2, -0.15) is 0 Å². The van der Waals surface area contributed by atoms with Crippen LogP contribution in [0.2, 0.25) is 5.02 Å². The Labute approximate surface area is 283 Å². The van der Waals surface area contributed by atoms with Gasteiger partial charge in [0.05, 0.1) is 12.3 Å². The van der Waals surface area contributed by atoms with Gasteiger partial charge in [-0.1, -0.05) is 23.7 Å². The topological polar surface area (TPSA) is 67.0 Å². The van der Waals surface area contributed by atoms with Crippen molar-refractivity contribution in [1.29, 1.82) is 0 Å². The van der Waals surface area contributed by atoms with Crippen molar-refractivity contribution in [3.63, 3.8) is 0 Å². The first kappa shape index (κ1) is 33.3. The fourth-order valence-electron chi connectivity index (χ4n) is 8.71. The molecule has 3 heterocycles. The molecular formula is C37H46ClFN6O2. The summed E-state index contributed by atoms with van der Waals surface area (Å²) in [5.74, 6) is 1.40. The molecule has 6 rings (SSSR count). The summed E-state index contributed by atoms with van der Waals surface area (Å²) in [4.78, 5) is 25.9. The predicted molar refractivity (Wildman–Crippen MR) is 184 cm³/mol. The smallest absolute Gasteiger partial charge is 0.407 e. The van der Waals surface area contributed by atoms with Crippen molar-refractivity contribution >= 4 is 29.1 Å². The Hall–Kier alpha value is -3.61. The van der Waals surface area contributed by atoms with E-state index in [9.17, 15) is 4.79 Å². The van der Waals surface area contributed by atoms with Gasteiger partial charge in [-0.05, 0) is 108 Å². The minimum Gasteiger partial charge on any atom is -0.446 e. The van der Waals surface area contributed by atoms with E-state index in [4.69, 9.17) is 27.9 Å². The van der Waals surface area contributed by atoms with Crippen molar-refractivity contribution in [2.24, 2.45) is 17.8 Å². The number of amides is 1. The molecule has 1 amide bonds. The first-order valence-electron chi connectivity index (χ1n) is 16.9. The van der Waals surface area contributed by atoms with Crippen LogP contribution < -0.4 is 10.2 Å². The summed E-state index contributed by atoms with van der Waals surface area (Å²) in [6, 6.07) is 12.9. The number of carbonyl (C=O) groups excluding carboxylic acids is 1. The highest BCUT2D eigenvalue weighted by Crippen LogP contribution is 2.53. The lowest BCUT2D eigenvalue weighted by Crippen LogP contribution is -2.55. The van der Waals surface area contributed by atoms with Crippen LogP contribution in [-0.2, 0) is 16.7 Å². The molecule has 1 aromatic heterocycles. The van der Waals surface area contributed by atoms with Crippen LogP contribution in [0.15, 0.2) is 42.5 Å². The van der Waals surface area contributed by atoms with Crippen LogP contribution in [-0.4, -0.2) is 66.4 Å². The summed E-state index contributed by atoms with van der Waals surface area (Å²) in [7, 11) is 1.59. The SMILES string of the molecule is [C-]#[N+]c1ccc(N2CC(CN3CCC(C(Cn4c(C)nc(C)c4C)(c4cc(F)cc(Cl)c4)[C@H]4CCC[C@@H]4OC(=O)NC)CC3)C2)cc1. The van der Waals surface area contributed by atoms with Crippen LogP contribution in [0.25, 0.3) is 4.85 Å². The summed E-state index contributed by atoms with van der Waals surface area (Å²) in [5.41, 5.74) is 4.30. The minimum absolute atomic E-state index is 0.00912. The Bertz CT molecular complexity index is 1600. The number of rotatable bonds is 9. The molecule has 2 saturated heterocycles. The van der Waals surface area contributed by atoms with Crippen molar-refractivity contribution in [2.45, 2.75) is 70.9 Å². The first-order chi connectivity index (χ1) is 22.6. The average molecular weight is 661 g/mol. The number of piperidine rings is 1. The van der Waals surface area contributed by atoms with E-state index in [1.54, 1.807) is 13.1 Å². The molecule has 1 unspecified atom stereocenters. The van der Waals surface area contributed by atoms with E-state index in [-0.39, 0.29) is 23.8 Å². The maximum atomic E-state index is 15.3. The molecule has 8 nitrogen and oxygen atoms in total. The van der Waals surface area contributed by atoms with Gasteiger partial charge in [-0.15, -0.1) is 0 Å². The van der Waals surface area contributed by atoms with E-state index < -0.39 is 11.5 Å². The molecular weight excluding hydrogens is 615 g/mol. The van der Waals surface area contributed by atoms with Crippen LogP contribution >= 0.6 is 11.6 Å². The highest BCUT2D eigenvalue weighted by molar-refractivity contribution is 6.30. The van der Waals surface area contributed by atoms with Crippen LogP contribution in [0, 0.1) is 50.9 Å². The number of alkyl carbamates (subject to hydrolysis) is 1. The lowest BCUT2D eigenvalue weighted by Gasteiger charge is -2.51. The fourth-order valence-corrected chi connectivity index (χ4v) is 8.93. The third-order valence-corrected chi connectivity index (χ3v) is 11.4. The summed E-state index contributed by atoms with van der Waals surface area (Å²) in [6.45, 7) is 19.0. The average Bonchev–Trinajstić information content (AvgIpc) is 3.60. The summed E-state index contributed by atoms with van der Waals surface area (Å²) in [5, 5.41) is 3.03. The lowest BCUT2D eigenvalue weighted by molar-refractivity contribution is 0.00145. The molecule has 3 fully saturated rings. The zero-order valence-corrected chi connectivity index (χ0v) is 28.7. The van der Waals surface area contributed by atoms with Gasteiger partial charge in [0.25, 0.3) is 0 Å². The number of halogens is 2. The normalized spacial score (nSPS) is 22.0. The maximum absolute atomic E-state index is 15.3. The number of imidazole rings is 1. The number of ether oxygens (including phenoxy) is 1. The minimum atomic E-state index is -0.527. The highest BCUT2D eigenvalue weighted by atomic mass is 35.5. The molecule has 1 aliphatic carbocycles. The van der Waals surface area contributed by atoms with E-state index in [1.165, 1.54) is 11.8 Å². The number of hydrogen-bond donors (Lipinski definition) is 1. The van der Waals surface area contributed by atoms with Gasteiger partial charge < -0.3 is 24.4 Å². The molecule has 0 radical (unpaired) electrons. The van der Waals surface area contributed by atoms with E-state index >= 15 is 4.39 Å². The molecule has 250 valence electrons. The summed E-state index contributed by atoms with van der Waals surface area (Å²) < 4.78 is 23.7. The predicted octanol–water partition coefficient (Wildman–Crippen LogP) is 7.46. The number of aryl methyl sites for hydroxylation is 2. The van der Waals surface area contributed by atoms with E-state index in [2.05, 4.69) is 31.5 Å². The largest absolute Gasteiger partial charge is 0.446 e. The summed E-state index contributed by atoms with van der Waals surface area (Å²) in [6.07, 6.45) is 3.80. The van der Waals surface area contributed by atoms with Crippen LogP contribution in [0.3, 0.4) is 0 Å². The second kappa shape index (κ2) is 13.9. The number of nitrogens with one attached hydrogen (secondary N) is 1. The Morgan fingerprint density at radius 3 is 2.45 bits per heavy atom. The van der Waals surface area contributed by atoms with E-state index in [0.29, 0.717) is 23.2 Å². The lowest BCUT2D eigenvalue weighted by atomic mass is 9.58. The first-order valence-corrected chi connectivity index (χ1v) is 17.3. The van der Waals surface area contributed by atoms with Crippen molar-refractivity contribution < 1.29 is 13.9 Å². The molecule has 3 aliphatic rings. The molecule has 2 aromatic carbocycles. The Morgan fingerprint density at radius 1 is 1.11 bits per heavy atom. The van der Waals surface area contributed by atoms with Crippen LogP contribution in [0.4, 0.5) is 20.6 Å². The number of aromatic nitrogens is 2. The van der Waals surface area contributed by atoms with Crippen LogP contribution in [0.5, 0.6) is 0 Å². The van der Waals surface area contributed by atoms with Crippen molar-refractivity contribution in [2.75, 3.05) is 44.7 Å². The molecule has 0 bridgehead atoms.